The van der Waals surface area contributed by atoms with Gasteiger partial charge in [0.25, 0.3) is 5.91 Å². The lowest BCUT2D eigenvalue weighted by Gasteiger charge is -2.28. The van der Waals surface area contributed by atoms with Gasteiger partial charge in [-0.2, -0.15) is 0 Å². The van der Waals surface area contributed by atoms with E-state index in [1.165, 1.54) is 0 Å². The minimum Gasteiger partial charge on any atom is -0.399 e. The minimum atomic E-state index is -0.0865. The zero-order chi connectivity index (χ0) is 15.6. The maximum absolute atomic E-state index is 12.2. The summed E-state index contributed by atoms with van der Waals surface area (Å²) >= 11 is 0. The lowest BCUT2D eigenvalue weighted by atomic mass is 9.93. The van der Waals surface area contributed by atoms with Gasteiger partial charge in [-0.25, -0.2) is 0 Å². The molecule has 0 spiro atoms. The van der Waals surface area contributed by atoms with Crippen molar-refractivity contribution in [2.75, 3.05) is 32.9 Å². The van der Waals surface area contributed by atoms with Gasteiger partial charge >= 0.3 is 0 Å². The van der Waals surface area contributed by atoms with Crippen molar-refractivity contribution in [2.45, 2.75) is 13.8 Å². The number of nitrogen functional groups attached to an aromatic ring is 1. The van der Waals surface area contributed by atoms with Crippen LogP contribution in [0.2, 0.25) is 0 Å². The molecule has 1 aromatic heterocycles. The maximum Gasteiger partial charge on any atom is 0.267 e. The third-order valence-electron chi connectivity index (χ3n) is 3.36. The van der Waals surface area contributed by atoms with Crippen molar-refractivity contribution in [3.63, 3.8) is 0 Å². The van der Waals surface area contributed by atoms with Crippen molar-refractivity contribution in [3.8, 4) is 0 Å². The van der Waals surface area contributed by atoms with Crippen LogP contribution in [0.15, 0.2) is 24.3 Å². The van der Waals surface area contributed by atoms with E-state index in [1.807, 2.05) is 38.4 Å². The van der Waals surface area contributed by atoms with Gasteiger partial charge in [-0.05, 0) is 43.8 Å². The average Bonchev–Trinajstić information content (AvgIpc) is 2.77. The van der Waals surface area contributed by atoms with Gasteiger partial charge < -0.3 is 20.9 Å². The molecular formula is C16H24N4O. The minimum absolute atomic E-state index is 0.0234. The van der Waals surface area contributed by atoms with E-state index < -0.39 is 0 Å². The Hall–Kier alpha value is -2.01. The van der Waals surface area contributed by atoms with Crippen LogP contribution in [0.3, 0.4) is 0 Å². The lowest BCUT2D eigenvalue weighted by molar-refractivity contribution is 0.0925. The molecule has 0 atom stereocenters. The number of benzene rings is 1. The van der Waals surface area contributed by atoms with Gasteiger partial charge in [-0.1, -0.05) is 13.8 Å². The van der Waals surface area contributed by atoms with Crippen molar-refractivity contribution in [2.24, 2.45) is 5.41 Å². The fourth-order valence-corrected chi connectivity index (χ4v) is 2.60. The normalized spacial score (nSPS) is 12.0. The first-order valence-corrected chi connectivity index (χ1v) is 7.08. The highest BCUT2D eigenvalue weighted by Gasteiger charge is 2.20. The third kappa shape index (κ3) is 3.98. The molecule has 0 unspecified atom stereocenters. The Bertz CT molecular complexity index is 643. The zero-order valence-electron chi connectivity index (χ0n) is 13.2. The number of H-pyrrole nitrogens is 1. The third-order valence-corrected chi connectivity index (χ3v) is 3.36. The fourth-order valence-electron chi connectivity index (χ4n) is 2.60. The Morgan fingerprint density at radius 2 is 2.05 bits per heavy atom. The lowest BCUT2D eigenvalue weighted by Crippen LogP contribution is -2.40. The van der Waals surface area contributed by atoms with E-state index in [1.54, 1.807) is 0 Å². The first kappa shape index (κ1) is 15.4. The number of carbonyl (C=O) groups excluding carboxylic acids is 1. The zero-order valence-corrected chi connectivity index (χ0v) is 13.2. The number of aromatic amines is 1. The van der Waals surface area contributed by atoms with E-state index >= 15 is 0 Å². The van der Waals surface area contributed by atoms with Crippen LogP contribution in [0, 0.1) is 5.41 Å². The number of hydrogen-bond acceptors (Lipinski definition) is 3. The second kappa shape index (κ2) is 5.77. The van der Waals surface area contributed by atoms with E-state index in [4.69, 9.17) is 5.73 Å². The van der Waals surface area contributed by atoms with Gasteiger partial charge in [-0.15, -0.1) is 0 Å². The van der Waals surface area contributed by atoms with Crippen LogP contribution >= 0.6 is 0 Å². The Kier molecular flexibility index (Phi) is 4.23. The highest BCUT2D eigenvalue weighted by molar-refractivity contribution is 5.98. The summed E-state index contributed by atoms with van der Waals surface area (Å²) in [6.07, 6.45) is 0. The highest BCUT2D eigenvalue weighted by atomic mass is 16.1. The molecule has 0 aliphatic rings. The molecule has 2 aromatic rings. The summed E-state index contributed by atoms with van der Waals surface area (Å²) in [6, 6.07) is 7.40. The number of amides is 1. The van der Waals surface area contributed by atoms with Crippen LogP contribution in [0.25, 0.3) is 10.9 Å². The van der Waals surface area contributed by atoms with Gasteiger partial charge in [-0.3, -0.25) is 4.79 Å². The summed E-state index contributed by atoms with van der Waals surface area (Å²) in [5, 5.41) is 3.94. The molecule has 0 saturated heterocycles. The molecule has 0 saturated carbocycles. The van der Waals surface area contributed by atoms with Crippen LogP contribution in [0.5, 0.6) is 0 Å². The Balaban J connectivity index is 2.05. The molecule has 5 heteroatoms. The number of nitrogens with two attached hydrogens (primary N) is 1. The van der Waals surface area contributed by atoms with Gasteiger partial charge in [0.2, 0.25) is 0 Å². The van der Waals surface area contributed by atoms with Crippen LogP contribution in [-0.2, 0) is 0 Å². The molecule has 2 rings (SSSR count). The number of nitrogens with zero attached hydrogens (tertiary/aromatic N) is 1. The van der Waals surface area contributed by atoms with Crippen molar-refractivity contribution in [1.29, 1.82) is 0 Å². The molecule has 0 fully saturated rings. The summed E-state index contributed by atoms with van der Waals surface area (Å²) in [5.74, 6) is -0.0865. The molecule has 1 heterocycles. The van der Waals surface area contributed by atoms with Gasteiger partial charge in [0.05, 0.1) is 0 Å². The predicted molar refractivity (Wildman–Crippen MR) is 87.4 cm³/mol. The van der Waals surface area contributed by atoms with E-state index in [9.17, 15) is 4.79 Å². The van der Waals surface area contributed by atoms with Crippen LogP contribution in [0.1, 0.15) is 24.3 Å². The molecule has 21 heavy (non-hydrogen) atoms. The summed E-state index contributed by atoms with van der Waals surface area (Å²) in [5.41, 5.74) is 7.96. The molecule has 0 radical (unpaired) electrons. The second-order valence-electron chi connectivity index (χ2n) is 6.61. The first-order chi connectivity index (χ1) is 9.77. The number of rotatable bonds is 5. The summed E-state index contributed by atoms with van der Waals surface area (Å²) in [7, 11) is 4.07. The summed E-state index contributed by atoms with van der Waals surface area (Å²) in [4.78, 5) is 17.5. The quantitative estimate of drug-likeness (QED) is 0.737. The maximum atomic E-state index is 12.2. The first-order valence-electron chi connectivity index (χ1n) is 7.08. The number of aromatic nitrogens is 1. The monoisotopic (exact) mass is 288 g/mol. The van der Waals surface area contributed by atoms with Crippen LogP contribution in [0.4, 0.5) is 5.69 Å². The summed E-state index contributed by atoms with van der Waals surface area (Å²) in [6.45, 7) is 5.82. The topological polar surface area (TPSA) is 74.2 Å². The second-order valence-corrected chi connectivity index (χ2v) is 6.61. The molecule has 1 aromatic carbocycles. The van der Waals surface area contributed by atoms with Crippen molar-refractivity contribution in [3.05, 3.63) is 30.0 Å². The molecule has 114 valence electrons. The fraction of sp³-hybridized carbons (Fsp3) is 0.438. The molecular weight excluding hydrogens is 264 g/mol. The van der Waals surface area contributed by atoms with Gasteiger partial charge in [0.15, 0.2) is 0 Å². The largest absolute Gasteiger partial charge is 0.399 e. The Morgan fingerprint density at radius 3 is 2.71 bits per heavy atom. The van der Waals surface area contributed by atoms with E-state index in [2.05, 4.69) is 29.0 Å². The molecule has 0 aliphatic carbocycles. The molecule has 0 aliphatic heterocycles. The van der Waals surface area contributed by atoms with Crippen molar-refractivity contribution in [1.82, 2.24) is 15.2 Å². The number of hydrogen-bond donors (Lipinski definition) is 3. The molecule has 4 N–H and O–H groups in total. The number of fused-ring (bicyclic) bond motifs is 1. The molecule has 5 nitrogen and oxygen atoms in total. The Morgan fingerprint density at radius 1 is 1.33 bits per heavy atom. The van der Waals surface area contributed by atoms with Gasteiger partial charge in [0, 0.05) is 29.7 Å². The number of carbonyl (C=O) groups is 1. The van der Waals surface area contributed by atoms with Crippen molar-refractivity contribution >= 4 is 22.5 Å². The van der Waals surface area contributed by atoms with E-state index in [0.717, 1.165) is 17.4 Å². The van der Waals surface area contributed by atoms with E-state index in [0.29, 0.717) is 17.9 Å². The Labute approximate surface area is 125 Å². The SMILES string of the molecule is CN(C)CC(C)(C)CNC(=O)c1cc2cc(N)ccc2[nH]1. The smallest absolute Gasteiger partial charge is 0.267 e. The standard InChI is InChI=1S/C16H24N4O/c1-16(2,10-20(3)4)9-18-15(21)14-8-11-7-12(17)5-6-13(11)19-14/h5-8,19H,9-10,17H2,1-4H3,(H,18,21). The van der Waals surface area contributed by atoms with Crippen LogP contribution in [-0.4, -0.2) is 43.0 Å². The molecule has 0 bridgehead atoms. The van der Waals surface area contributed by atoms with E-state index in [-0.39, 0.29) is 11.3 Å². The number of nitrogens with one attached hydrogen (secondary N) is 2. The van der Waals surface area contributed by atoms with Crippen molar-refractivity contribution < 1.29 is 4.79 Å². The predicted octanol–water partition coefficient (Wildman–Crippen LogP) is 2.07. The highest BCUT2D eigenvalue weighted by Crippen LogP contribution is 2.19. The molecule has 1 amide bonds. The summed E-state index contributed by atoms with van der Waals surface area (Å²) < 4.78 is 0. The van der Waals surface area contributed by atoms with Crippen LogP contribution < -0.4 is 11.1 Å². The number of anilines is 1. The average molecular weight is 288 g/mol. The van der Waals surface area contributed by atoms with Gasteiger partial charge in [0.1, 0.15) is 5.69 Å².